The Morgan fingerprint density at radius 1 is 1.12 bits per heavy atom. The number of benzene rings is 2. The lowest BCUT2D eigenvalue weighted by atomic mass is 10.2. The summed E-state index contributed by atoms with van der Waals surface area (Å²) in [6, 6.07) is 13.5. The second-order valence-electron chi connectivity index (χ2n) is 5.45. The summed E-state index contributed by atoms with van der Waals surface area (Å²) in [6.07, 6.45) is 3.14. The van der Waals surface area contributed by atoms with E-state index >= 15 is 0 Å². The number of carbonyl (C=O) groups is 2. The minimum Gasteiger partial charge on any atom is -0.491 e. The number of anilines is 1. The van der Waals surface area contributed by atoms with Gasteiger partial charge in [-0.25, -0.2) is 4.79 Å². The van der Waals surface area contributed by atoms with Gasteiger partial charge in [0.15, 0.2) is 0 Å². The average molecular weight is 325 g/mol. The minimum atomic E-state index is -1.04. The van der Waals surface area contributed by atoms with E-state index in [2.05, 4.69) is 5.32 Å². The first-order valence-corrected chi connectivity index (χ1v) is 7.53. The number of carboxylic acid groups (broad SMARTS) is 1. The highest BCUT2D eigenvalue weighted by Gasteiger charge is 2.04. The van der Waals surface area contributed by atoms with Gasteiger partial charge in [-0.2, -0.15) is 0 Å². The predicted octanol–water partition coefficient (Wildman–Crippen LogP) is 3.82. The van der Waals surface area contributed by atoms with E-state index in [9.17, 15) is 9.59 Å². The van der Waals surface area contributed by atoms with E-state index in [-0.39, 0.29) is 17.6 Å². The molecule has 0 heterocycles. The fourth-order valence-corrected chi connectivity index (χ4v) is 2.05. The molecule has 0 bridgehead atoms. The van der Waals surface area contributed by atoms with Gasteiger partial charge in [0, 0.05) is 11.8 Å². The Hall–Kier alpha value is -3.08. The Kier molecular flexibility index (Phi) is 5.73. The summed E-state index contributed by atoms with van der Waals surface area (Å²) in [7, 11) is 0. The van der Waals surface area contributed by atoms with Crippen LogP contribution in [-0.2, 0) is 4.79 Å². The molecule has 2 aromatic rings. The Balaban J connectivity index is 2.03. The van der Waals surface area contributed by atoms with Gasteiger partial charge in [-0.15, -0.1) is 0 Å². The lowest BCUT2D eigenvalue weighted by Crippen LogP contribution is -2.08. The van der Waals surface area contributed by atoms with Crippen molar-refractivity contribution in [3.8, 4) is 5.75 Å². The first-order chi connectivity index (χ1) is 11.4. The second kappa shape index (κ2) is 7.97. The third-order valence-corrected chi connectivity index (χ3v) is 3.03. The van der Waals surface area contributed by atoms with Gasteiger partial charge in [0.05, 0.1) is 11.7 Å². The average Bonchev–Trinajstić information content (AvgIpc) is 2.53. The summed E-state index contributed by atoms with van der Waals surface area (Å²) in [5, 5.41) is 11.6. The molecule has 0 unspecified atom stereocenters. The van der Waals surface area contributed by atoms with Crippen LogP contribution in [0.2, 0.25) is 0 Å². The van der Waals surface area contributed by atoms with Crippen LogP contribution in [0.1, 0.15) is 29.8 Å². The second-order valence-corrected chi connectivity index (χ2v) is 5.45. The lowest BCUT2D eigenvalue weighted by Gasteiger charge is -2.09. The number of aromatic carboxylic acids is 1. The molecule has 0 spiro atoms. The number of hydrogen-bond acceptors (Lipinski definition) is 3. The van der Waals surface area contributed by atoms with Gasteiger partial charge in [0.2, 0.25) is 5.91 Å². The van der Waals surface area contributed by atoms with Crippen LogP contribution in [0.5, 0.6) is 5.75 Å². The number of carbonyl (C=O) groups excluding carboxylic acids is 1. The maximum Gasteiger partial charge on any atom is 0.335 e. The highest BCUT2D eigenvalue weighted by atomic mass is 16.5. The molecule has 124 valence electrons. The van der Waals surface area contributed by atoms with Crippen LogP contribution < -0.4 is 10.1 Å². The molecule has 5 nitrogen and oxygen atoms in total. The van der Waals surface area contributed by atoms with Crippen LogP contribution in [0.25, 0.3) is 6.08 Å². The zero-order valence-electron chi connectivity index (χ0n) is 13.5. The smallest absolute Gasteiger partial charge is 0.335 e. The number of carboxylic acids is 1. The third-order valence-electron chi connectivity index (χ3n) is 3.03. The Morgan fingerprint density at radius 2 is 1.88 bits per heavy atom. The molecule has 24 heavy (non-hydrogen) atoms. The number of rotatable bonds is 6. The molecule has 0 radical (unpaired) electrons. The van der Waals surface area contributed by atoms with E-state index in [0.717, 1.165) is 11.3 Å². The van der Waals surface area contributed by atoms with Crippen LogP contribution >= 0.6 is 0 Å². The largest absolute Gasteiger partial charge is 0.491 e. The minimum absolute atomic E-state index is 0.0778. The van der Waals surface area contributed by atoms with Crippen LogP contribution in [0.15, 0.2) is 54.6 Å². The zero-order chi connectivity index (χ0) is 17.5. The van der Waals surface area contributed by atoms with Crippen molar-refractivity contribution >= 4 is 23.6 Å². The molecule has 0 saturated carbocycles. The fourth-order valence-electron chi connectivity index (χ4n) is 2.05. The summed E-state index contributed by atoms with van der Waals surface area (Å²) in [5.41, 5.74) is 1.39. The normalized spacial score (nSPS) is 10.8. The molecule has 0 aliphatic rings. The standard InChI is InChI=1S/C19H19NO4/c1-13(2)24-17-8-3-5-14(11-17)9-10-18(21)20-16-7-4-6-15(12-16)19(22)23/h3-13H,1-2H3,(H,20,21)(H,22,23)/b10-9+. The topological polar surface area (TPSA) is 75.6 Å². The van der Waals surface area contributed by atoms with Gasteiger partial charge in [-0.3, -0.25) is 4.79 Å². The van der Waals surface area contributed by atoms with E-state index in [1.165, 1.54) is 18.2 Å². The van der Waals surface area contributed by atoms with Gasteiger partial charge in [0.1, 0.15) is 5.75 Å². The Morgan fingerprint density at radius 3 is 2.58 bits per heavy atom. The van der Waals surface area contributed by atoms with Crippen molar-refractivity contribution in [1.29, 1.82) is 0 Å². The Bertz CT molecular complexity index is 765. The highest BCUT2D eigenvalue weighted by molar-refractivity contribution is 6.02. The Labute approximate surface area is 140 Å². The molecule has 1 amide bonds. The van der Waals surface area contributed by atoms with E-state index in [1.807, 2.05) is 38.1 Å². The summed E-state index contributed by atoms with van der Waals surface area (Å²) in [6.45, 7) is 3.89. The molecule has 2 rings (SSSR count). The van der Waals surface area contributed by atoms with Crippen molar-refractivity contribution in [2.75, 3.05) is 5.32 Å². The van der Waals surface area contributed by atoms with Crippen molar-refractivity contribution in [1.82, 2.24) is 0 Å². The monoisotopic (exact) mass is 325 g/mol. The molecule has 0 saturated heterocycles. The van der Waals surface area contributed by atoms with Crippen LogP contribution in [0.4, 0.5) is 5.69 Å². The van der Waals surface area contributed by atoms with Crippen LogP contribution in [0, 0.1) is 0 Å². The van der Waals surface area contributed by atoms with Crippen molar-refractivity contribution in [3.05, 3.63) is 65.7 Å². The van der Waals surface area contributed by atoms with Gasteiger partial charge >= 0.3 is 5.97 Å². The van der Waals surface area contributed by atoms with E-state index in [1.54, 1.807) is 18.2 Å². The highest BCUT2D eigenvalue weighted by Crippen LogP contribution is 2.16. The molecular weight excluding hydrogens is 306 g/mol. The van der Waals surface area contributed by atoms with Crippen molar-refractivity contribution in [2.45, 2.75) is 20.0 Å². The number of nitrogens with one attached hydrogen (secondary N) is 1. The fraction of sp³-hybridized carbons (Fsp3) is 0.158. The third kappa shape index (κ3) is 5.28. The van der Waals surface area contributed by atoms with E-state index in [4.69, 9.17) is 9.84 Å². The van der Waals surface area contributed by atoms with Crippen molar-refractivity contribution in [2.24, 2.45) is 0 Å². The summed E-state index contributed by atoms with van der Waals surface area (Å²) in [4.78, 5) is 22.9. The first kappa shape index (κ1) is 17.3. The van der Waals surface area contributed by atoms with Gasteiger partial charge in [0.25, 0.3) is 0 Å². The molecule has 0 aromatic heterocycles. The molecule has 0 aliphatic carbocycles. The quantitative estimate of drug-likeness (QED) is 0.792. The molecule has 0 aliphatic heterocycles. The zero-order valence-corrected chi connectivity index (χ0v) is 13.5. The summed E-state index contributed by atoms with van der Waals surface area (Å²) in [5.74, 6) is -0.641. The molecule has 2 aromatic carbocycles. The van der Waals surface area contributed by atoms with Crippen molar-refractivity contribution in [3.63, 3.8) is 0 Å². The summed E-state index contributed by atoms with van der Waals surface area (Å²) >= 11 is 0. The maximum atomic E-state index is 12.0. The number of ether oxygens (including phenoxy) is 1. The molecular formula is C19H19NO4. The van der Waals surface area contributed by atoms with Crippen LogP contribution in [-0.4, -0.2) is 23.1 Å². The lowest BCUT2D eigenvalue weighted by molar-refractivity contribution is -0.111. The molecule has 5 heteroatoms. The van der Waals surface area contributed by atoms with Crippen molar-refractivity contribution < 1.29 is 19.4 Å². The molecule has 0 fully saturated rings. The molecule has 0 atom stereocenters. The van der Waals surface area contributed by atoms with Crippen LogP contribution in [0.3, 0.4) is 0 Å². The maximum absolute atomic E-state index is 12.0. The molecule has 2 N–H and O–H groups in total. The predicted molar refractivity (Wildman–Crippen MR) is 93.3 cm³/mol. The van der Waals surface area contributed by atoms with E-state index < -0.39 is 5.97 Å². The number of hydrogen-bond donors (Lipinski definition) is 2. The van der Waals surface area contributed by atoms with Gasteiger partial charge < -0.3 is 15.2 Å². The SMILES string of the molecule is CC(C)Oc1cccc(/C=C/C(=O)Nc2cccc(C(=O)O)c2)c1. The van der Waals surface area contributed by atoms with E-state index in [0.29, 0.717) is 5.69 Å². The number of amides is 1. The first-order valence-electron chi connectivity index (χ1n) is 7.53. The summed E-state index contributed by atoms with van der Waals surface area (Å²) < 4.78 is 5.60. The van der Waals surface area contributed by atoms with Gasteiger partial charge in [-0.05, 0) is 55.8 Å². The van der Waals surface area contributed by atoms with Gasteiger partial charge in [-0.1, -0.05) is 18.2 Å².